The molecule has 0 saturated carbocycles. The molecule has 1 aliphatic rings. The zero-order valence-electron chi connectivity index (χ0n) is 9.68. The van der Waals surface area contributed by atoms with Crippen molar-refractivity contribution < 1.29 is 14.3 Å². The Hall–Kier alpha value is -2.03. The van der Waals surface area contributed by atoms with Crippen molar-refractivity contribution >= 4 is 12.0 Å². The lowest BCUT2D eigenvalue weighted by Gasteiger charge is -2.00. The van der Waals surface area contributed by atoms with E-state index in [-0.39, 0.29) is 5.97 Å². The SMILES string of the molecule is COC(=O)/C=C1/CC/C(=C\c2ccccc2)O1. The molecule has 1 aromatic rings. The number of allylic oxidation sites excluding steroid dienone is 2. The van der Waals surface area contributed by atoms with Crippen LogP contribution in [0.15, 0.2) is 47.9 Å². The maximum atomic E-state index is 11.0. The molecule has 1 aromatic carbocycles. The van der Waals surface area contributed by atoms with Gasteiger partial charge in [-0.05, 0) is 11.6 Å². The van der Waals surface area contributed by atoms with Crippen molar-refractivity contribution in [2.75, 3.05) is 7.11 Å². The van der Waals surface area contributed by atoms with Gasteiger partial charge in [-0.1, -0.05) is 30.3 Å². The van der Waals surface area contributed by atoms with Gasteiger partial charge in [0.05, 0.1) is 13.2 Å². The molecule has 0 aromatic heterocycles. The number of benzene rings is 1. The first kappa shape index (κ1) is 11.5. The molecule has 1 heterocycles. The van der Waals surface area contributed by atoms with Crippen molar-refractivity contribution in [3.63, 3.8) is 0 Å². The van der Waals surface area contributed by atoms with Gasteiger partial charge in [0.1, 0.15) is 11.5 Å². The average Bonchev–Trinajstić information content (AvgIpc) is 2.77. The molecule has 0 atom stereocenters. The second-order valence-corrected chi connectivity index (χ2v) is 3.76. The van der Waals surface area contributed by atoms with Crippen molar-refractivity contribution in [2.45, 2.75) is 12.8 Å². The van der Waals surface area contributed by atoms with Crippen molar-refractivity contribution in [3.05, 3.63) is 53.5 Å². The normalized spacial score (nSPS) is 19.4. The van der Waals surface area contributed by atoms with E-state index in [9.17, 15) is 4.79 Å². The number of hydrogen-bond acceptors (Lipinski definition) is 3. The van der Waals surface area contributed by atoms with Crippen molar-refractivity contribution in [1.82, 2.24) is 0 Å². The summed E-state index contributed by atoms with van der Waals surface area (Å²) >= 11 is 0. The highest BCUT2D eigenvalue weighted by Gasteiger charge is 2.15. The van der Waals surface area contributed by atoms with Gasteiger partial charge in [-0.25, -0.2) is 4.79 Å². The molecule has 2 rings (SSSR count). The van der Waals surface area contributed by atoms with E-state index in [0.717, 1.165) is 24.2 Å². The summed E-state index contributed by atoms with van der Waals surface area (Å²) in [5.74, 6) is 1.17. The number of hydrogen-bond donors (Lipinski definition) is 0. The van der Waals surface area contributed by atoms with E-state index in [0.29, 0.717) is 5.76 Å². The van der Waals surface area contributed by atoms with E-state index in [1.807, 2.05) is 36.4 Å². The van der Waals surface area contributed by atoms with Gasteiger partial charge in [-0.15, -0.1) is 0 Å². The Labute approximate surface area is 100 Å². The molecule has 1 aliphatic heterocycles. The fourth-order valence-electron chi connectivity index (χ4n) is 1.65. The monoisotopic (exact) mass is 230 g/mol. The van der Waals surface area contributed by atoms with Crippen LogP contribution in [0.1, 0.15) is 18.4 Å². The first-order valence-electron chi connectivity index (χ1n) is 5.50. The third kappa shape index (κ3) is 3.21. The Morgan fingerprint density at radius 2 is 1.94 bits per heavy atom. The predicted molar refractivity (Wildman–Crippen MR) is 64.8 cm³/mol. The predicted octanol–water partition coefficient (Wildman–Crippen LogP) is 2.89. The molecule has 0 unspecified atom stereocenters. The van der Waals surface area contributed by atoms with Gasteiger partial charge in [0, 0.05) is 12.8 Å². The average molecular weight is 230 g/mol. The summed E-state index contributed by atoms with van der Waals surface area (Å²) in [7, 11) is 1.36. The zero-order chi connectivity index (χ0) is 12.1. The van der Waals surface area contributed by atoms with Crippen LogP contribution in [-0.4, -0.2) is 13.1 Å². The van der Waals surface area contributed by atoms with Crippen LogP contribution in [0.3, 0.4) is 0 Å². The Bertz CT molecular complexity index is 458. The summed E-state index contributed by atoms with van der Waals surface area (Å²) in [6.45, 7) is 0. The molecule has 0 amide bonds. The van der Waals surface area contributed by atoms with Gasteiger partial charge in [-0.3, -0.25) is 0 Å². The summed E-state index contributed by atoms with van der Waals surface area (Å²) < 4.78 is 10.1. The summed E-state index contributed by atoms with van der Waals surface area (Å²) in [5, 5.41) is 0. The van der Waals surface area contributed by atoms with E-state index >= 15 is 0 Å². The second-order valence-electron chi connectivity index (χ2n) is 3.76. The summed E-state index contributed by atoms with van der Waals surface area (Å²) in [5.41, 5.74) is 1.10. The number of carbonyl (C=O) groups is 1. The lowest BCUT2D eigenvalue weighted by Crippen LogP contribution is -1.96. The minimum absolute atomic E-state index is 0.374. The summed E-state index contributed by atoms with van der Waals surface area (Å²) in [6, 6.07) is 9.95. The van der Waals surface area contributed by atoms with Crippen LogP contribution in [0.5, 0.6) is 0 Å². The Kier molecular flexibility index (Phi) is 3.60. The molecule has 0 bridgehead atoms. The maximum Gasteiger partial charge on any atom is 0.333 e. The topological polar surface area (TPSA) is 35.5 Å². The van der Waals surface area contributed by atoms with Crippen LogP contribution in [0.4, 0.5) is 0 Å². The number of methoxy groups -OCH3 is 1. The quantitative estimate of drug-likeness (QED) is 0.579. The van der Waals surface area contributed by atoms with Gasteiger partial charge in [-0.2, -0.15) is 0 Å². The van der Waals surface area contributed by atoms with Gasteiger partial charge in [0.25, 0.3) is 0 Å². The molecule has 3 nitrogen and oxygen atoms in total. The molecule has 0 spiro atoms. The highest BCUT2D eigenvalue weighted by Crippen LogP contribution is 2.27. The Morgan fingerprint density at radius 3 is 2.65 bits per heavy atom. The molecule has 1 fully saturated rings. The summed E-state index contributed by atoms with van der Waals surface area (Å²) in [4.78, 5) is 11.0. The minimum Gasteiger partial charge on any atom is -0.466 e. The van der Waals surface area contributed by atoms with E-state index in [1.165, 1.54) is 13.2 Å². The zero-order valence-corrected chi connectivity index (χ0v) is 9.68. The molecule has 17 heavy (non-hydrogen) atoms. The summed E-state index contributed by atoms with van der Waals surface area (Å²) in [6.07, 6.45) is 4.94. The number of ether oxygens (including phenoxy) is 2. The van der Waals surface area contributed by atoms with Crippen molar-refractivity contribution in [3.8, 4) is 0 Å². The fourth-order valence-corrected chi connectivity index (χ4v) is 1.65. The standard InChI is InChI=1S/C14H14O3/c1-16-14(15)10-13-8-7-12(17-13)9-11-5-3-2-4-6-11/h2-6,9-10H,7-8H2,1H3/b12-9+,13-10-. The van der Waals surface area contributed by atoms with Crippen LogP contribution in [-0.2, 0) is 14.3 Å². The lowest BCUT2D eigenvalue weighted by atomic mass is 10.2. The van der Waals surface area contributed by atoms with Gasteiger partial charge >= 0.3 is 5.97 Å². The van der Waals surface area contributed by atoms with E-state index in [1.54, 1.807) is 0 Å². The van der Waals surface area contributed by atoms with Crippen LogP contribution in [0.25, 0.3) is 6.08 Å². The molecule has 88 valence electrons. The van der Waals surface area contributed by atoms with E-state index in [2.05, 4.69) is 4.74 Å². The first-order chi connectivity index (χ1) is 8.28. The third-order valence-electron chi connectivity index (χ3n) is 2.49. The highest BCUT2D eigenvalue weighted by molar-refractivity contribution is 5.82. The number of rotatable bonds is 2. The first-order valence-corrected chi connectivity index (χ1v) is 5.50. The van der Waals surface area contributed by atoms with Crippen molar-refractivity contribution in [1.29, 1.82) is 0 Å². The molecule has 3 heteroatoms. The molecular weight excluding hydrogens is 216 g/mol. The number of esters is 1. The van der Waals surface area contributed by atoms with Gasteiger partial charge in [0.2, 0.25) is 0 Å². The lowest BCUT2D eigenvalue weighted by molar-refractivity contribution is -0.135. The minimum atomic E-state index is -0.374. The van der Waals surface area contributed by atoms with E-state index in [4.69, 9.17) is 4.74 Å². The number of carbonyl (C=O) groups excluding carboxylic acids is 1. The third-order valence-corrected chi connectivity index (χ3v) is 2.49. The smallest absolute Gasteiger partial charge is 0.333 e. The molecule has 0 N–H and O–H groups in total. The maximum absolute atomic E-state index is 11.0. The van der Waals surface area contributed by atoms with Crippen LogP contribution < -0.4 is 0 Å². The Morgan fingerprint density at radius 1 is 1.24 bits per heavy atom. The second kappa shape index (κ2) is 5.34. The molecular formula is C14H14O3. The molecule has 1 saturated heterocycles. The fraction of sp³-hybridized carbons (Fsp3) is 0.214. The van der Waals surface area contributed by atoms with Crippen LogP contribution in [0.2, 0.25) is 0 Å². The van der Waals surface area contributed by atoms with Crippen molar-refractivity contribution in [2.24, 2.45) is 0 Å². The van der Waals surface area contributed by atoms with Crippen LogP contribution >= 0.6 is 0 Å². The largest absolute Gasteiger partial charge is 0.466 e. The molecule has 0 radical (unpaired) electrons. The van der Waals surface area contributed by atoms with Gasteiger partial charge < -0.3 is 9.47 Å². The van der Waals surface area contributed by atoms with Gasteiger partial charge in [0.15, 0.2) is 0 Å². The van der Waals surface area contributed by atoms with Crippen LogP contribution in [0, 0.1) is 0 Å². The highest BCUT2D eigenvalue weighted by atomic mass is 16.5. The Balaban J connectivity index is 2.06. The van der Waals surface area contributed by atoms with E-state index < -0.39 is 0 Å². The molecule has 0 aliphatic carbocycles.